The number of nitrogens with two attached hydrogens (primary N) is 1. The van der Waals surface area contributed by atoms with E-state index in [0.717, 1.165) is 19.3 Å². The first-order valence-corrected chi connectivity index (χ1v) is 5.36. The molecule has 1 fully saturated rings. The zero-order valence-electron chi connectivity index (χ0n) is 9.14. The molecule has 1 aliphatic carbocycles. The molecule has 2 nitrogen and oxygen atoms in total. The molecule has 0 radical (unpaired) electrons. The van der Waals surface area contributed by atoms with Crippen molar-refractivity contribution in [1.82, 2.24) is 0 Å². The summed E-state index contributed by atoms with van der Waals surface area (Å²) in [5.74, 6) is 0.541. The van der Waals surface area contributed by atoms with Crippen LogP contribution in [0.2, 0.25) is 0 Å². The van der Waals surface area contributed by atoms with E-state index in [4.69, 9.17) is 5.73 Å². The van der Waals surface area contributed by atoms with Crippen LogP contribution in [0.15, 0.2) is 0 Å². The molecular weight excluding hydrogens is 162 g/mol. The molecule has 0 aliphatic heterocycles. The van der Waals surface area contributed by atoms with Gasteiger partial charge in [0.05, 0.1) is 5.60 Å². The second-order valence-electron chi connectivity index (χ2n) is 5.21. The van der Waals surface area contributed by atoms with Gasteiger partial charge in [-0.3, -0.25) is 0 Å². The fourth-order valence-electron chi connectivity index (χ4n) is 2.58. The minimum atomic E-state index is -0.561. The zero-order valence-corrected chi connectivity index (χ0v) is 9.14. The van der Waals surface area contributed by atoms with E-state index in [1.807, 2.05) is 6.92 Å². The lowest BCUT2D eigenvalue weighted by molar-refractivity contribution is -0.121. The predicted molar refractivity (Wildman–Crippen MR) is 55.4 cm³/mol. The Balaban J connectivity index is 2.65. The van der Waals surface area contributed by atoms with Crippen molar-refractivity contribution in [3.05, 3.63) is 0 Å². The quantitative estimate of drug-likeness (QED) is 0.703. The molecule has 0 aromatic rings. The first-order valence-electron chi connectivity index (χ1n) is 5.36. The first-order chi connectivity index (χ1) is 5.93. The SMILES string of the molecule is CC(C)CC(C)(O)C1(CN)CCC1. The molecule has 1 atom stereocenters. The molecule has 0 heterocycles. The van der Waals surface area contributed by atoms with Crippen LogP contribution in [0, 0.1) is 11.3 Å². The maximum atomic E-state index is 10.4. The van der Waals surface area contributed by atoms with Crippen LogP contribution in [0.4, 0.5) is 0 Å². The summed E-state index contributed by atoms with van der Waals surface area (Å²) in [5.41, 5.74) is 5.23. The summed E-state index contributed by atoms with van der Waals surface area (Å²) in [6, 6.07) is 0. The van der Waals surface area contributed by atoms with E-state index < -0.39 is 5.60 Å². The van der Waals surface area contributed by atoms with E-state index in [1.54, 1.807) is 0 Å². The van der Waals surface area contributed by atoms with Gasteiger partial charge >= 0.3 is 0 Å². The lowest BCUT2D eigenvalue weighted by Crippen LogP contribution is -2.55. The highest BCUT2D eigenvalue weighted by molar-refractivity contribution is 5.02. The molecule has 1 rings (SSSR count). The van der Waals surface area contributed by atoms with Crippen LogP contribution in [0.3, 0.4) is 0 Å². The molecule has 13 heavy (non-hydrogen) atoms. The number of hydrogen-bond acceptors (Lipinski definition) is 2. The fraction of sp³-hybridized carbons (Fsp3) is 1.00. The monoisotopic (exact) mass is 185 g/mol. The van der Waals surface area contributed by atoms with Crippen molar-refractivity contribution < 1.29 is 5.11 Å². The molecule has 0 amide bonds. The van der Waals surface area contributed by atoms with Crippen molar-refractivity contribution in [3.8, 4) is 0 Å². The minimum Gasteiger partial charge on any atom is -0.390 e. The van der Waals surface area contributed by atoms with Gasteiger partial charge in [-0.15, -0.1) is 0 Å². The van der Waals surface area contributed by atoms with Crippen LogP contribution in [0.1, 0.15) is 46.5 Å². The van der Waals surface area contributed by atoms with Crippen molar-refractivity contribution in [2.75, 3.05) is 6.54 Å². The number of hydrogen-bond donors (Lipinski definition) is 2. The second kappa shape index (κ2) is 3.58. The highest BCUT2D eigenvalue weighted by Gasteiger charge is 2.49. The Kier molecular flexibility index (Phi) is 3.03. The topological polar surface area (TPSA) is 46.2 Å². The van der Waals surface area contributed by atoms with Gasteiger partial charge in [0.25, 0.3) is 0 Å². The third kappa shape index (κ3) is 1.89. The Morgan fingerprint density at radius 1 is 1.46 bits per heavy atom. The third-order valence-corrected chi connectivity index (χ3v) is 3.65. The molecule has 2 heteroatoms. The van der Waals surface area contributed by atoms with Gasteiger partial charge in [-0.2, -0.15) is 0 Å². The summed E-state index contributed by atoms with van der Waals surface area (Å²) in [5, 5.41) is 10.4. The molecule has 0 saturated heterocycles. The lowest BCUT2D eigenvalue weighted by Gasteiger charge is -2.52. The molecule has 1 saturated carbocycles. The summed E-state index contributed by atoms with van der Waals surface area (Å²) < 4.78 is 0. The fourth-order valence-corrected chi connectivity index (χ4v) is 2.58. The average Bonchev–Trinajstić information content (AvgIpc) is 1.80. The summed E-state index contributed by atoms with van der Waals surface area (Å²) in [6.45, 7) is 6.89. The molecule has 0 aromatic carbocycles. The Labute approximate surface area is 81.5 Å². The Morgan fingerprint density at radius 2 is 2.00 bits per heavy atom. The number of rotatable bonds is 4. The summed E-state index contributed by atoms with van der Waals surface area (Å²) in [7, 11) is 0. The standard InChI is InChI=1S/C11H23NO/c1-9(2)7-10(3,13)11(8-12)5-4-6-11/h9,13H,4-8,12H2,1-3H3. The molecule has 0 spiro atoms. The van der Waals surface area contributed by atoms with Gasteiger partial charge in [0.2, 0.25) is 0 Å². The van der Waals surface area contributed by atoms with Gasteiger partial charge in [0.15, 0.2) is 0 Å². The lowest BCUT2D eigenvalue weighted by atomic mass is 9.57. The van der Waals surface area contributed by atoms with Crippen LogP contribution in [0.5, 0.6) is 0 Å². The average molecular weight is 185 g/mol. The smallest absolute Gasteiger partial charge is 0.0690 e. The van der Waals surface area contributed by atoms with E-state index in [9.17, 15) is 5.11 Å². The predicted octanol–water partition coefficient (Wildman–Crippen LogP) is 1.91. The number of aliphatic hydroxyl groups is 1. The van der Waals surface area contributed by atoms with Gasteiger partial charge in [0, 0.05) is 12.0 Å². The van der Waals surface area contributed by atoms with Gasteiger partial charge in [-0.1, -0.05) is 20.3 Å². The zero-order chi connectivity index (χ0) is 10.1. The van der Waals surface area contributed by atoms with Crippen molar-refractivity contribution >= 4 is 0 Å². The summed E-state index contributed by atoms with van der Waals surface area (Å²) in [4.78, 5) is 0. The second-order valence-corrected chi connectivity index (χ2v) is 5.21. The summed E-state index contributed by atoms with van der Waals surface area (Å²) >= 11 is 0. The van der Waals surface area contributed by atoms with Gasteiger partial charge in [-0.05, 0) is 32.1 Å². The first kappa shape index (κ1) is 11.0. The van der Waals surface area contributed by atoms with E-state index in [2.05, 4.69) is 13.8 Å². The highest BCUT2D eigenvalue weighted by Crippen LogP contribution is 2.50. The Hall–Kier alpha value is -0.0800. The maximum Gasteiger partial charge on any atom is 0.0690 e. The summed E-state index contributed by atoms with van der Waals surface area (Å²) in [6.07, 6.45) is 4.29. The molecular formula is C11H23NO. The maximum absolute atomic E-state index is 10.4. The molecule has 3 N–H and O–H groups in total. The van der Waals surface area contributed by atoms with Crippen LogP contribution in [-0.2, 0) is 0 Å². The van der Waals surface area contributed by atoms with E-state index >= 15 is 0 Å². The minimum absolute atomic E-state index is 0.0251. The van der Waals surface area contributed by atoms with Crippen molar-refractivity contribution in [1.29, 1.82) is 0 Å². The van der Waals surface area contributed by atoms with E-state index in [1.165, 1.54) is 6.42 Å². The highest BCUT2D eigenvalue weighted by atomic mass is 16.3. The van der Waals surface area contributed by atoms with Crippen LogP contribution < -0.4 is 5.73 Å². The van der Waals surface area contributed by atoms with Gasteiger partial charge < -0.3 is 10.8 Å². The molecule has 78 valence electrons. The van der Waals surface area contributed by atoms with E-state index in [0.29, 0.717) is 12.5 Å². The Morgan fingerprint density at radius 3 is 2.23 bits per heavy atom. The van der Waals surface area contributed by atoms with Crippen molar-refractivity contribution in [2.24, 2.45) is 17.1 Å². The molecule has 1 unspecified atom stereocenters. The van der Waals surface area contributed by atoms with Crippen LogP contribution in [0.25, 0.3) is 0 Å². The van der Waals surface area contributed by atoms with Crippen LogP contribution >= 0.6 is 0 Å². The van der Waals surface area contributed by atoms with Gasteiger partial charge in [-0.25, -0.2) is 0 Å². The molecule has 1 aliphatic rings. The Bertz CT molecular complexity index is 165. The third-order valence-electron chi connectivity index (χ3n) is 3.65. The van der Waals surface area contributed by atoms with Gasteiger partial charge in [0.1, 0.15) is 0 Å². The van der Waals surface area contributed by atoms with Crippen LogP contribution in [-0.4, -0.2) is 17.3 Å². The normalized spacial score (nSPS) is 25.4. The molecule has 0 aromatic heterocycles. The largest absolute Gasteiger partial charge is 0.390 e. The molecule has 0 bridgehead atoms. The van der Waals surface area contributed by atoms with E-state index in [-0.39, 0.29) is 5.41 Å². The van der Waals surface area contributed by atoms with Crippen molar-refractivity contribution in [2.45, 2.75) is 52.1 Å². The van der Waals surface area contributed by atoms with Crippen molar-refractivity contribution in [3.63, 3.8) is 0 Å².